The number of rotatable bonds is 3. The van der Waals surface area contributed by atoms with Gasteiger partial charge in [-0.15, -0.1) is 0 Å². The third kappa shape index (κ3) is 1.79. The minimum absolute atomic E-state index is 0.0518. The molecule has 0 saturated heterocycles. The Morgan fingerprint density at radius 3 is 1.63 bits per heavy atom. The fourth-order valence-electron chi connectivity index (χ4n) is 4.14. The zero-order valence-electron chi connectivity index (χ0n) is 15.0. The molecule has 1 amide bonds. The lowest BCUT2D eigenvalue weighted by molar-refractivity contribution is 0.0208. The molecular formula is C18H17N3O6. The van der Waals surface area contributed by atoms with Crippen LogP contribution in [-0.2, 0) is 13.1 Å². The molecule has 3 aromatic rings. The van der Waals surface area contributed by atoms with E-state index in [0.717, 1.165) is 14.0 Å². The average Bonchev–Trinajstić information content (AvgIpc) is 3.14. The summed E-state index contributed by atoms with van der Waals surface area (Å²) in [6.45, 7) is 5.11. The maximum absolute atomic E-state index is 12.9. The Bertz CT molecular complexity index is 1350. The number of nitrogens with zero attached hydrogens (tertiary/aromatic N) is 3. The summed E-state index contributed by atoms with van der Waals surface area (Å²) in [4.78, 5) is 65.3. The number of hydrogen-bond acceptors (Lipinski definition) is 6. The standard InChI is InChI=1S/C18H17N3O6/c1-4-19-13(22)7-8(14(19)23)10-12(18(27)21(6-3)16(10)25)11-9(7)15(24)20(5-2)17(11)26/h13,22H,4-6H2,1-3H3. The summed E-state index contributed by atoms with van der Waals surface area (Å²) in [5.41, 5.74) is -2.95. The van der Waals surface area contributed by atoms with Crippen molar-refractivity contribution in [2.75, 3.05) is 6.54 Å². The highest BCUT2D eigenvalue weighted by molar-refractivity contribution is 6.20. The van der Waals surface area contributed by atoms with Gasteiger partial charge >= 0.3 is 0 Å². The van der Waals surface area contributed by atoms with Crippen molar-refractivity contribution >= 4 is 27.5 Å². The van der Waals surface area contributed by atoms with Crippen molar-refractivity contribution in [1.29, 1.82) is 0 Å². The van der Waals surface area contributed by atoms with Gasteiger partial charge in [-0.05, 0) is 20.8 Å². The number of fused-ring (bicyclic) bond motifs is 6. The summed E-state index contributed by atoms with van der Waals surface area (Å²) in [7, 11) is 0. The zero-order chi connectivity index (χ0) is 19.8. The Balaban J connectivity index is 2.45. The third-order valence-corrected chi connectivity index (χ3v) is 5.38. The number of carbonyl (C=O) groups is 1. The van der Waals surface area contributed by atoms with Crippen molar-refractivity contribution in [3.05, 3.63) is 52.5 Å². The number of hydrogen-bond donors (Lipinski definition) is 1. The predicted molar refractivity (Wildman–Crippen MR) is 97.9 cm³/mol. The van der Waals surface area contributed by atoms with Crippen LogP contribution in [0, 0.1) is 0 Å². The molecule has 27 heavy (non-hydrogen) atoms. The highest BCUT2D eigenvalue weighted by Gasteiger charge is 2.42. The van der Waals surface area contributed by atoms with Crippen LogP contribution in [0.2, 0.25) is 0 Å². The highest BCUT2D eigenvalue weighted by atomic mass is 16.3. The van der Waals surface area contributed by atoms with E-state index < -0.39 is 34.4 Å². The topological polar surface area (TPSA) is 119 Å². The molecule has 140 valence electrons. The van der Waals surface area contributed by atoms with Crippen LogP contribution in [0.4, 0.5) is 0 Å². The minimum atomic E-state index is -1.45. The molecule has 1 aliphatic rings. The number of aliphatic hydroxyl groups is 1. The maximum atomic E-state index is 12.9. The monoisotopic (exact) mass is 371 g/mol. The van der Waals surface area contributed by atoms with Crippen LogP contribution in [0.3, 0.4) is 0 Å². The van der Waals surface area contributed by atoms with Crippen molar-refractivity contribution in [2.45, 2.75) is 40.1 Å². The summed E-state index contributed by atoms with van der Waals surface area (Å²) < 4.78 is 1.88. The van der Waals surface area contributed by atoms with Crippen molar-refractivity contribution in [1.82, 2.24) is 14.0 Å². The van der Waals surface area contributed by atoms with E-state index in [2.05, 4.69) is 0 Å². The summed E-state index contributed by atoms with van der Waals surface area (Å²) in [6.07, 6.45) is -1.45. The Labute approximate surface area is 151 Å². The van der Waals surface area contributed by atoms with Crippen LogP contribution in [0.1, 0.15) is 42.9 Å². The summed E-state index contributed by atoms with van der Waals surface area (Å²) in [6, 6.07) is 0. The molecule has 1 atom stereocenters. The molecule has 0 radical (unpaired) electrons. The summed E-state index contributed by atoms with van der Waals surface area (Å²) in [5, 5.41) is 9.94. The van der Waals surface area contributed by atoms with Crippen LogP contribution >= 0.6 is 0 Å². The minimum Gasteiger partial charge on any atom is -0.369 e. The number of amides is 1. The fraction of sp³-hybridized carbons (Fsp3) is 0.389. The van der Waals surface area contributed by atoms with Gasteiger partial charge in [-0.2, -0.15) is 0 Å². The van der Waals surface area contributed by atoms with E-state index in [4.69, 9.17) is 0 Å². The van der Waals surface area contributed by atoms with E-state index in [1.165, 1.54) is 0 Å². The second-order valence-corrected chi connectivity index (χ2v) is 6.46. The lowest BCUT2D eigenvalue weighted by Crippen LogP contribution is -2.28. The molecule has 0 aliphatic carbocycles. The molecule has 0 spiro atoms. The predicted octanol–water partition coefficient (Wildman–Crippen LogP) is -0.581. The summed E-state index contributed by atoms with van der Waals surface area (Å²) >= 11 is 0. The molecule has 1 N–H and O–H groups in total. The molecule has 0 bridgehead atoms. The normalized spacial score (nSPS) is 16.8. The van der Waals surface area contributed by atoms with Gasteiger partial charge in [0.25, 0.3) is 28.1 Å². The van der Waals surface area contributed by atoms with Gasteiger partial charge in [0.2, 0.25) is 0 Å². The van der Waals surface area contributed by atoms with Crippen LogP contribution in [-0.4, -0.2) is 31.6 Å². The lowest BCUT2D eigenvalue weighted by Gasteiger charge is -2.18. The number of carbonyl (C=O) groups excluding carboxylic acids is 1. The Morgan fingerprint density at radius 1 is 0.704 bits per heavy atom. The average molecular weight is 371 g/mol. The van der Waals surface area contributed by atoms with Gasteiger partial charge < -0.3 is 10.0 Å². The van der Waals surface area contributed by atoms with Gasteiger partial charge in [-0.25, -0.2) is 0 Å². The molecule has 1 aliphatic heterocycles. The SMILES string of the molecule is CCN1C(=O)c2c(c3c(=O)n(CC)c(=O)c3c3c(=O)n(CC)c(=O)c23)C1O. The quantitative estimate of drug-likeness (QED) is 0.658. The number of aliphatic hydroxyl groups excluding tert-OH is 1. The van der Waals surface area contributed by atoms with Crippen molar-refractivity contribution in [3.8, 4) is 0 Å². The Hall–Kier alpha value is -3.07. The van der Waals surface area contributed by atoms with E-state index >= 15 is 0 Å². The molecule has 0 fully saturated rings. The second-order valence-electron chi connectivity index (χ2n) is 6.46. The molecule has 3 heterocycles. The van der Waals surface area contributed by atoms with Crippen molar-refractivity contribution < 1.29 is 9.90 Å². The lowest BCUT2D eigenvalue weighted by atomic mass is 9.97. The molecule has 9 heteroatoms. The van der Waals surface area contributed by atoms with Gasteiger partial charge in [0.1, 0.15) is 0 Å². The van der Waals surface area contributed by atoms with E-state index in [1.54, 1.807) is 20.8 Å². The third-order valence-electron chi connectivity index (χ3n) is 5.38. The molecular weight excluding hydrogens is 354 g/mol. The van der Waals surface area contributed by atoms with E-state index in [9.17, 15) is 29.1 Å². The molecule has 2 aromatic heterocycles. The maximum Gasteiger partial charge on any atom is 0.262 e. The van der Waals surface area contributed by atoms with Crippen LogP contribution in [0.15, 0.2) is 19.2 Å². The zero-order valence-corrected chi connectivity index (χ0v) is 15.0. The highest BCUT2D eigenvalue weighted by Crippen LogP contribution is 2.39. The molecule has 1 aromatic carbocycles. The molecule has 1 unspecified atom stereocenters. The van der Waals surface area contributed by atoms with Crippen LogP contribution in [0.25, 0.3) is 21.5 Å². The van der Waals surface area contributed by atoms with Crippen LogP contribution in [0.5, 0.6) is 0 Å². The van der Waals surface area contributed by atoms with E-state index in [1.807, 2.05) is 0 Å². The van der Waals surface area contributed by atoms with E-state index in [-0.39, 0.29) is 52.3 Å². The van der Waals surface area contributed by atoms with Gasteiger partial charge in [-0.1, -0.05) is 0 Å². The smallest absolute Gasteiger partial charge is 0.262 e. The van der Waals surface area contributed by atoms with Crippen molar-refractivity contribution in [2.24, 2.45) is 0 Å². The summed E-state index contributed by atoms with van der Waals surface area (Å²) in [5.74, 6) is -0.631. The largest absolute Gasteiger partial charge is 0.369 e. The van der Waals surface area contributed by atoms with Gasteiger partial charge in [0.15, 0.2) is 6.23 Å². The number of aromatic nitrogens is 2. The Kier molecular flexibility index (Phi) is 3.51. The van der Waals surface area contributed by atoms with Gasteiger partial charge in [-0.3, -0.25) is 33.1 Å². The Morgan fingerprint density at radius 2 is 1.15 bits per heavy atom. The molecule has 9 nitrogen and oxygen atoms in total. The van der Waals surface area contributed by atoms with E-state index in [0.29, 0.717) is 0 Å². The fourth-order valence-corrected chi connectivity index (χ4v) is 4.14. The van der Waals surface area contributed by atoms with Crippen molar-refractivity contribution in [3.63, 3.8) is 0 Å². The van der Waals surface area contributed by atoms with Gasteiger partial charge in [0.05, 0.1) is 27.1 Å². The first kappa shape index (κ1) is 17.3. The first-order valence-electron chi connectivity index (χ1n) is 8.76. The molecule has 4 rings (SSSR count). The van der Waals surface area contributed by atoms with Crippen LogP contribution < -0.4 is 22.2 Å². The first-order valence-corrected chi connectivity index (χ1v) is 8.76. The number of benzene rings is 1. The second kappa shape index (κ2) is 5.46. The van der Waals surface area contributed by atoms with Gasteiger partial charge in [0, 0.05) is 25.2 Å². The first-order chi connectivity index (χ1) is 12.8. The molecule has 0 saturated carbocycles.